The fraction of sp³-hybridized carbons (Fsp3) is 0.682. The van der Waals surface area contributed by atoms with Gasteiger partial charge in [-0.3, -0.25) is 4.79 Å². The van der Waals surface area contributed by atoms with E-state index < -0.39 is 0 Å². The second kappa shape index (κ2) is 8.03. The lowest BCUT2D eigenvalue weighted by Crippen LogP contribution is -2.44. The molecule has 9 nitrogen and oxygen atoms in total. The van der Waals surface area contributed by atoms with E-state index in [9.17, 15) is 9.90 Å². The number of ether oxygens (including phenoxy) is 2. The van der Waals surface area contributed by atoms with Crippen LogP contribution in [0, 0.1) is 5.41 Å². The number of fused-ring (bicyclic) bond motifs is 1. The Balaban J connectivity index is 1.52. The van der Waals surface area contributed by atoms with Crippen LogP contribution >= 0.6 is 0 Å². The number of hydrogen-bond donors (Lipinski definition) is 2. The van der Waals surface area contributed by atoms with Crippen LogP contribution in [0.3, 0.4) is 0 Å². The maximum Gasteiger partial charge on any atom is 0.241 e. The summed E-state index contributed by atoms with van der Waals surface area (Å²) in [7, 11) is 1.67. The lowest BCUT2D eigenvalue weighted by Gasteiger charge is -2.36. The Hall–Kier alpha value is -2.23. The van der Waals surface area contributed by atoms with E-state index in [1.54, 1.807) is 13.3 Å². The molecule has 4 heterocycles. The molecule has 1 amide bonds. The summed E-state index contributed by atoms with van der Waals surface area (Å²) in [5, 5.41) is 18.0. The molecule has 2 saturated heterocycles. The number of aliphatic hydroxyl groups is 1. The average Bonchev–Trinajstić information content (AvgIpc) is 3.26. The van der Waals surface area contributed by atoms with Crippen LogP contribution < -0.4 is 10.2 Å². The highest BCUT2D eigenvalue weighted by molar-refractivity contribution is 6.00. The highest BCUT2D eigenvalue weighted by Gasteiger charge is 2.49. The van der Waals surface area contributed by atoms with E-state index in [1.165, 1.54) is 0 Å². The molecule has 0 bridgehead atoms. The van der Waals surface area contributed by atoms with Crippen LogP contribution in [0.5, 0.6) is 0 Å². The van der Waals surface area contributed by atoms with Gasteiger partial charge in [0.25, 0.3) is 0 Å². The molecule has 3 fully saturated rings. The van der Waals surface area contributed by atoms with Gasteiger partial charge < -0.3 is 24.8 Å². The number of amides is 1. The maximum atomic E-state index is 12.9. The van der Waals surface area contributed by atoms with Crippen LogP contribution in [0.4, 0.5) is 11.6 Å². The summed E-state index contributed by atoms with van der Waals surface area (Å²) in [4.78, 5) is 19.3. The number of nitrogens with zero attached hydrogens (tertiary/aromatic N) is 4. The molecule has 3 aliphatic rings. The van der Waals surface area contributed by atoms with Crippen molar-refractivity contribution in [2.75, 3.05) is 43.7 Å². The smallest absolute Gasteiger partial charge is 0.241 e. The second-order valence-corrected chi connectivity index (χ2v) is 9.49. The third-order valence-corrected chi connectivity index (χ3v) is 6.86. The summed E-state index contributed by atoms with van der Waals surface area (Å²) < 4.78 is 12.6. The number of rotatable bonds is 6. The summed E-state index contributed by atoms with van der Waals surface area (Å²) >= 11 is 0. The second-order valence-electron chi connectivity index (χ2n) is 9.49. The van der Waals surface area contributed by atoms with Gasteiger partial charge in [0.05, 0.1) is 37.8 Å². The maximum absolute atomic E-state index is 12.9. The van der Waals surface area contributed by atoms with Crippen LogP contribution in [0.2, 0.25) is 0 Å². The van der Waals surface area contributed by atoms with E-state index in [0.29, 0.717) is 44.7 Å². The topological polar surface area (TPSA) is 101 Å². The van der Waals surface area contributed by atoms with Crippen molar-refractivity contribution in [1.82, 2.24) is 14.6 Å². The molecule has 1 atom stereocenters. The highest BCUT2D eigenvalue weighted by atomic mass is 16.5. The largest absolute Gasteiger partial charge is 0.393 e. The molecule has 1 saturated carbocycles. The van der Waals surface area contributed by atoms with Crippen molar-refractivity contribution in [3.05, 3.63) is 18.0 Å². The monoisotopic (exact) mass is 429 g/mol. The summed E-state index contributed by atoms with van der Waals surface area (Å²) in [6.45, 7) is 4.55. The van der Waals surface area contributed by atoms with Gasteiger partial charge in [-0.1, -0.05) is 0 Å². The molecule has 2 aliphatic heterocycles. The summed E-state index contributed by atoms with van der Waals surface area (Å²) in [6, 6.07) is 2.19. The van der Waals surface area contributed by atoms with Gasteiger partial charge in [-0.25, -0.2) is 9.50 Å². The van der Waals surface area contributed by atoms with Gasteiger partial charge in [0.1, 0.15) is 5.52 Å². The minimum Gasteiger partial charge on any atom is -0.393 e. The molecule has 9 heteroatoms. The van der Waals surface area contributed by atoms with Gasteiger partial charge in [-0.2, -0.15) is 0 Å². The SMILES string of the molecule is COC[C@H](C)Nc1ncc2c(N3CC4(COC4)CC3=O)cc([C@H]3CC[C@H](O)CC3)n2n1. The van der Waals surface area contributed by atoms with E-state index in [0.717, 1.165) is 42.6 Å². The zero-order chi connectivity index (χ0) is 21.6. The van der Waals surface area contributed by atoms with E-state index in [4.69, 9.17) is 14.6 Å². The summed E-state index contributed by atoms with van der Waals surface area (Å²) in [6.07, 6.45) is 5.51. The summed E-state index contributed by atoms with van der Waals surface area (Å²) in [5.74, 6) is 0.966. The van der Waals surface area contributed by atoms with Crippen molar-refractivity contribution in [3.8, 4) is 0 Å². The molecule has 1 aliphatic carbocycles. The van der Waals surface area contributed by atoms with Gasteiger partial charge in [0, 0.05) is 43.1 Å². The summed E-state index contributed by atoms with van der Waals surface area (Å²) in [5.41, 5.74) is 2.77. The van der Waals surface area contributed by atoms with Crippen molar-refractivity contribution in [3.63, 3.8) is 0 Å². The van der Waals surface area contributed by atoms with Gasteiger partial charge in [-0.05, 0) is 38.7 Å². The fourth-order valence-corrected chi connectivity index (χ4v) is 5.15. The van der Waals surface area contributed by atoms with Crippen LogP contribution in [0.1, 0.15) is 50.6 Å². The molecule has 5 rings (SSSR count). The Bertz CT molecular complexity index is 964. The highest BCUT2D eigenvalue weighted by Crippen LogP contribution is 2.43. The molecule has 2 aromatic heterocycles. The van der Waals surface area contributed by atoms with Gasteiger partial charge in [-0.15, -0.1) is 5.10 Å². The first kappa shape index (κ1) is 20.7. The number of nitrogens with one attached hydrogen (secondary N) is 1. The number of methoxy groups -OCH3 is 1. The van der Waals surface area contributed by atoms with Crippen molar-refractivity contribution < 1.29 is 19.4 Å². The molecule has 0 unspecified atom stereocenters. The number of aliphatic hydroxyl groups excluding tert-OH is 1. The van der Waals surface area contributed by atoms with Crippen molar-refractivity contribution in [2.45, 2.75) is 57.1 Å². The zero-order valence-electron chi connectivity index (χ0n) is 18.2. The quantitative estimate of drug-likeness (QED) is 0.724. The van der Waals surface area contributed by atoms with Crippen LogP contribution in [-0.4, -0.2) is 71.2 Å². The van der Waals surface area contributed by atoms with Crippen LogP contribution in [-0.2, 0) is 14.3 Å². The standard InChI is InChI=1S/C22H31N5O4/c1-14(10-30-2)24-21-23-9-19-18(26-11-22(8-20(26)29)12-31-13-22)7-17(27(19)25-21)15-3-5-16(28)6-4-15/h7,9,14-16,28H,3-6,8,10-13H2,1-2H3,(H,24,25)/t14-,15-,16-/m0/s1. The number of hydrogen-bond acceptors (Lipinski definition) is 7. The van der Waals surface area contributed by atoms with E-state index in [-0.39, 0.29) is 23.5 Å². The van der Waals surface area contributed by atoms with Gasteiger partial charge in [0.15, 0.2) is 0 Å². The Kier molecular flexibility index (Phi) is 5.35. The minimum atomic E-state index is -0.220. The molecular weight excluding hydrogens is 398 g/mol. The molecule has 31 heavy (non-hydrogen) atoms. The Morgan fingerprint density at radius 1 is 1.35 bits per heavy atom. The molecule has 0 radical (unpaired) electrons. The predicted molar refractivity (Wildman–Crippen MR) is 115 cm³/mol. The zero-order valence-corrected chi connectivity index (χ0v) is 18.2. The van der Waals surface area contributed by atoms with Crippen molar-refractivity contribution >= 4 is 23.1 Å². The van der Waals surface area contributed by atoms with Crippen molar-refractivity contribution in [2.24, 2.45) is 5.41 Å². The lowest BCUT2D eigenvalue weighted by atomic mass is 9.85. The van der Waals surface area contributed by atoms with Crippen LogP contribution in [0.25, 0.3) is 5.52 Å². The normalized spacial score (nSPS) is 26.4. The third kappa shape index (κ3) is 3.79. The Morgan fingerprint density at radius 2 is 2.13 bits per heavy atom. The first-order chi connectivity index (χ1) is 15.0. The molecule has 1 spiro atoms. The van der Waals surface area contributed by atoms with Crippen molar-refractivity contribution in [1.29, 1.82) is 0 Å². The third-order valence-electron chi connectivity index (χ3n) is 6.86. The molecule has 2 N–H and O–H groups in total. The Morgan fingerprint density at radius 3 is 2.77 bits per heavy atom. The van der Waals surface area contributed by atoms with E-state index in [1.807, 2.05) is 16.3 Å². The molecular formula is C22H31N5O4. The first-order valence-corrected chi connectivity index (χ1v) is 11.2. The molecule has 168 valence electrons. The minimum absolute atomic E-state index is 0.0433. The predicted octanol–water partition coefficient (Wildman–Crippen LogP) is 1.95. The number of anilines is 2. The number of carbonyl (C=O) groups excluding carboxylic acids is 1. The molecule has 2 aromatic rings. The average molecular weight is 430 g/mol. The fourth-order valence-electron chi connectivity index (χ4n) is 5.15. The number of aromatic nitrogens is 3. The number of carbonyl (C=O) groups is 1. The lowest BCUT2D eigenvalue weighted by molar-refractivity contribution is -0.126. The molecule has 0 aromatic carbocycles. The van der Waals surface area contributed by atoms with Gasteiger partial charge >= 0.3 is 0 Å². The Labute approximate surface area is 181 Å². The van der Waals surface area contributed by atoms with E-state index >= 15 is 0 Å². The first-order valence-electron chi connectivity index (χ1n) is 11.2. The van der Waals surface area contributed by atoms with Crippen LogP contribution in [0.15, 0.2) is 12.3 Å². The van der Waals surface area contributed by atoms with E-state index in [2.05, 4.69) is 16.4 Å². The van der Waals surface area contributed by atoms with Gasteiger partial charge in [0.2, 0.25) is 11.9 Å².